The van der Waals surface area contributed by atoms with Gasteiger partial charge in [-0.1, -0.05) is 30.3 Å². The summed E-state index contributed by atoms with van der Waals surface area (Å²) in [5.41, 5.74) is 2.14. The number of thioether (sulfide) groups is 1. The first-order chi connectivity index (χ1) is 10.6. The van der Waals surface area contributed by atoms with Gasteiger partial charge in [-0.25, -0.2) is 4.90 Å². The standard InChI is InChI=1S/C17H13NO3S/c1-11-5-2-3-8-14(11)18-16(20)15(22-17(18)21)10-12-6-4-7-13(19)9-12/h2-10,19H,1H3/b15-10-. The van der Waals surface area contributed by atoms with Gasteiger partial charge in [-0.15, -0.1) is 0 Å². The van der Waals surface area contributed by atoms with Crippen LogP contribution in [0.5, 0.6) is 5.75 Å². The Kier molecular flexibility index (Phi) is 3.73. The number of carbonyl (C=O) groups is 2. The minimum Gasteiger partial charge on any atom is -0.508 e. The van der Waals surface area contributed by atoms with E-state index in [4.69, 9.17) is 0 Å². The number of aryl methyl sites for hydroxylation is 1. The number of aromatic hydroxyl groups is 1. The van der Waals surface area contributed by atoms with E-state index in [1.54, 1.807) is 42.5 Å². The molecule has 0 aromatic heterocycles. The maximum Gasteiger partial charge on any atom is 0.298 e. The number of hydrogen-bond donors (Lipinski definition) is 1. The number of nitrogens with zero attached hydrogens (tertiary/aromatic N) is 1. The molecule has 0 atom stereocenters. The molecule has 5 heteroatoms. The van der Waals surface area contributed by atoms with E-state index in [2.05, 4.69) is 0 Å². The minimum absolute atomic E-state index is 0.117. The fourth-order valence-electron chi connectivity index (χ4n) is 2.26. The lowest BCUT2D eigenvalue weighted by Crippen LogP contribution is -2.28. The number of amides is 2. The molecule has 0 saturated carbocycles. The van der Waals surface area contributed by atoms with Gasteiger partial charge in [0.05, 0.1) is 10.6 Å². The Morgan fingerprint density at radius 1 is 1.09 bits per heavy atom. The van der Waals surface area contributed by atoms with Gasteiger partial charge < -0.3 is 5.11 Å². The Morgan fingerprint density at radius 3 is 2.59 bits per heavy atom. The Balaban J connectivity index is 1.97. The average molecular weight is 311 g/mol. The Morgan fingerprint density at radius 2 is 1.86 bits per heavy atom. The molecule has 1 aliphatic rings. The van der Waals surface area contributed by atoms with Crippen molar-refractivity contribution in [1.29, 1.82) is 0 Å². The second-order valence-electron chi connectivity index (χ2n) is 4.90. The van der Waals surface area contributed by atoms with Crippen LogP contribution in [-0.2, 0) is 4.79 Å². The van der Waals surface area contributed by atoms with Gasteiger partial charge in [0.15, 0.2) is 0 Å². The Bertz CT molecular complexity index is 798. The zero-order valence-corrected chi connectivity index (χ0v) is 12.6. The number of phenolic OH excluding ortho intramolecular Hbond substituents is 1. The Labute approximate surface area is 132 Å². The third kappa shape index (κ3) is 2.63. The van der Waals surface area contributed by atoms with Crippen LogP contribution < -0.4 is 4.90 Å². The molecule has 4 nitrogen and oxygen atoms in total. The van der Waals surface area contributed by atoms with Crippen molar-refractivity contribution in [3.63, 3.8) is 0 Å². The fraction of sp³-hybridized carbons (Fsp3) is 0.0588. The van der Waals surface area contributed by atoms with Crippen LogP contribution in [0.4, 0.5) is 10.5 Å². The number of carbonyl (C=O) groups excluding carboxylic acids is 2. The van der Waals surface area contributed by atoms with Crippen LogP contribution in [0.15, 0.2) is 53.4 Å². The summed E-state index contributed by atoms with van der Waals surface area (Å²) in [6.45, 7) is 1.86. The van der Waals surface area contributed by atoms with Gasteiger partial charge in [-0.05, 0) is 54.1 Å². The van der Waals surface area contributed by atoms with Crippen molar-refractivity contribution in [1.82, 2.24) is 0 Å². The zero-order valence-electron chi connectivity index (χ0n) is 11.8. The molecule has 0 spiro atoms. The molecule has 0 bridgehead atoms. The largest absolute Gasteiger partial charge is 0.508 e. The molecule has 22 heavy (non-hydrogen) atoms. The highest BCUT2D eigenvalue weighted by atomic mass is 32.2. The maximum atomic E-state index is 12.5. The highest BCUT2D eigenvalue weighted by Gasteiger charge is 2.36. The summed E-state index contributed by atoms with van der Waals surface area (Å²) in [5.74, 6) is -0.223. The number of phenols is 1. The molecule has 1 aliphatic heterocycles. The van der Waals surface area contributed by atoms with Crippen molar-refractivity contribution in [2.75, 3.05) is 4.90 Å². The van der Waals surface area contributed by atoms with Crippen LogP contribution in [0, 0.1) is 6.92 Å². The molecule has 1 fully saturated rings. The predicted octanol–water partition coefficient (Wildman–Crippen LogP) is 3.94. The molecule has 1 N–H and O–H groups in total. The number of rotatable bonds is 2. The Hall–Kier alpha value is -2.53. The molecule has 0 unspecified atom stereocenters. The average Bonchev–Trinajstić information content (AvgIpc) is 2.74. The van der Waals surface area contributed by atoms with E-state index in [1.807, 2.05) is 19.1 Å². The van der Waals surface area contributed by atoms with Crippen molar-refractivity contribution in [3.05, 3.63) is 64.6 Å². The third-order valence-electron chi connectivity index (χ3n) is 3.32. The van der Waals surface area contributed by atoms with Gasteiger partial charge in [-0.2, -0.15) is 0 Å². The van der Waals surface area contributed by atoms with Crippen LogP contribution in [0.2, 0.25) is 0 Å². The topological polar surface area (TPSA) is 57.6 Å². The van der Waals surface area contributed by atoms with E-state index in [0.29, 0.717) is 16.2 Å². The molecule has 0 aliphatic carbocycles. The number of imide groups is 1. The molecular formula is C17H13NO3S. The molecule has 3 rings (SSSR count). The van der Waals surface area contributed by atoms with Crippen LogP contribution in [0.1, 0.15) is 11.1 Å². The summed E-state index contributed by atoms with van der Waals surface area (Å²) in [4.78, 5) is 26.2. The van der Waals surface area contributed by atoms with E-state index < -0.39 is 0 Å². The molecule has 2 aromatic rings. The maximum absolute atomic E-state index is 12.5. The van der Waals surface area contributed by atoms with Crippen LogP contribution in [0.3, 0.4) is 0 Å². The van der Waals surface area contributed by atoms with Gasteiger partial charge >= 0.3 is 0 Å². The number of benzene rings is 2. The molecular weight excluding hydrogens is 298 g/mol. The van der Waals surface area contributed by atoms with Gasteiger partial charge in [0.1, 0.15) is 5.75 Å². The van der Waals surface area contributed by atoms with Gasteiger partial charge in [0.25, 0.3) is 11.1 Å². The lowest BCUT2D eigenvalue weighted by Gasteiger charge is -2.14. The summed E-state index contributed by atoms with van der Waals surface area (Å²) in [6.07, 6.45) is 1.61. The minimum atomic E-state index is -0.340. The van der Waals surface area contributed by atoms with E-state index in [0.717, 1.165) is 17.3 Å². The fourth-order valence-corrected chi connectivity index (χ4v) is 3.09. The summed E-state index contributed by atoms with van der Waals surface area (Å²) in [6, 6.07) is 13.8. The highest BCUT2D eigenvalue weighted by molar-refractivity contribution is 8.19. The molecule has 110 valence electrons. The summed E-state index contributed by atoms with van der Waals surface area (Å²) >= 11 is 0.903. The molecule has 2 amide bonds. The van der Waals surface area contributed by atoms with Gasteiger partial charge in [-0.3, -0.25) is 9.59 Å². The zero-order chi connectivity index (χ0) is 15.7. The number of para-hydroxylation sites is 1. The smallest absolute Gasteiger partial charge is 0.298 e. The number of anilines is 1. The summed E-state index contributed by atoms with van der Waals surface area (Å²) in [5, 5.41) is 9.16. The third-order valence-corrected chi connectivity index (χ3v) is 4.19. The normalized spacial score (nSPS) is 16.6. The van der Waals surface area contributed by atoms with Crippen molar-refractivity contribution in [2.45, 2.75) is 6.92 Å². The first kappa shape index (κ1) is 14.4. The molecule has 2 aromatic carbocycles. The van der Waals surface area contributed by atoms with E-state index in [-0.39, 0.29) is 16.9 Å². The summed E-state index contributed by atoms with van der Waals surface area (Å²) < 4.78 is 0. The molecule has 1 saturated heterocycles. The van der Waals surface area contributed by atoms with Crippen molar-refractivity contribution in [3.8, 4) is 5.75 Å². The van der Waals surface area contributed by atoms with Crippen LogP contribution in [0.25, 0.3) is 6.08 Å². The van der Waals surface area contributed by atoms with Crippen molar-refractivity contribution in [2.24, 2.45) is 0 Å². The number of hydrogen-bond acceptors (Lipinski definition) is 4. The van der Waals surface area contributed by atoms with Crippen molar-refractivity contribution < 1.29 is 14.7 Å². The quantitative estimate of drug-likeness (QED) is 0.853. The second-order valence-corrected chi connectivity index (χ2v) is 5.89. The highest BCUT2D eigenvalue weighted by Crippen LogP contribution is 2.37. The lowest BCUT2D eigenvalue weighted by molar-refractivity contribution is -0.113. The van der Waals surface area contributed by atoms with Crippen LogP contribution >= 0.6 is 11.8 Å². The summed E-state index contributed by atoms with van der Waals surface area (Å²) in [7, 11) is 0. The van der Waals surface area contributed by atoms with E-state index >= 15 is 0 Å². The SMILES string of the molecule is Cc1ccccc1N1C(=O)S/C(=C\c2cccc(O)c2)C1=O. The van der Waals surface area contributed by atoms with E-state index in [1.165, 1.54) is 4.90 Å². The first-order valence-electron chi connectivity index (χ1n) is 6.69. The molecule has 0 radical (unpaired) electrons. The van der Waals surface area contributed by atoms with Gasteiger partial charge in [0.2, 0.25) is 0 Å². The van der Waals surface area contributed by atoms with Crippen molar-refractivity contribution >= 4 is 34.7 Å². The van der Waals surface area contributed by atoms with Crippen LogP contribution in [-0.4, -0.2) is 16.3 Å². The lowest BCUT2D eigenvalue weighted by atomic mass is 10.1. The monoisotopic (exact) mass is 311 g/mol. The molecule has 1 heterocycles. The second kappa shape index (κ2) is 5.69. The first-order valence-corrected chi connectivity index (χ1v) is 7.50. The van der Waals surface area contributed by atoms with Gasteiger partial charge in [0, 0.05) is 0 Å². The van der Waals surface area contributed by atoms with E-state index in [9.17, 15) is 14.7 Å². The predicted molar refractivity (Wildman–Crippen MR) is 87.7 cm³/mol.